The third-order valence-electron chi connectivity index (χ3n) is 4.28. The Hall–Kier alpha value is -1.93. The zero-order valence-corrected chi connectivity index (χ0v) is 16.0. The summed E-state index contributed by atoms with van der Waals surface area (Å²) in [5, 5.41) is 2.85. The first kappa shape index (κ1) is 19.4. The summed E-state index contributed by atoms with van der Waals surface area (Å²) in [6.45, 7) is 4.49. The molecule has 138 valence electrons. The summed E-state index contributed by atoms with van der Waals surface area (Å²) in [4.78, 5) is 17.3. The molecule has 1 aromatic heterocycles. The summed E-state index contributed by atoms with van der Waals surface area (Å²) in [5.74, 6) is 0.749. The van der Waals surface area contributed by atoms with Gasteiger partial charge >= 0.3 is 0 Å². The molecule has 2 rings (SSSR count). The maximum atomic E-state index is 12.7. The fraction of sp³-hybridized carbons (Fsp3) is 0.529. The number of aromatic nitrogens is 2. The number of carbonyl (C=O) groups is 1. The van der Waals surface area contributed by atoms with Gasteiger partial charge in [0.1, 0.15) is 11.9 Å². The van der Waals surface area contributed by atoms with Gasteiger partial charge in [0.2, 0.25) is 15.9 Å². The molecule has 0 unspecified atom stereocenters. The molecule has 0 saturated heterocycles. The van der Waals surface area contributed by atoms with Crippen LogP contribution in [-0.2, 0) is 21.2 Å². The Morgan fingerprint density at radius 2 is 2.00 bits per heavy atom. The van der Waals surface area contributed by atoms with E-state index in [9.17, 15) is 13.2 Å². The molecule has 7 nitrogen and oxygen atoms in total. The van der Waals surface area contributed by atoms with Gasteiger partial charge in [0.05, 0.1) is 17.3 Å². The van der Waals surface area contributed by atoms with Crippen molar-refractivity contribution in [3.63, 3.8) is 0 Å². The first-order valence-corrected chi connectivity index (χ1v) is 10.3. The van der Waals surface area contributed by atoms with Gasteiger partial charge in [0.15, 0.2) is 0 Å². The maximum Gasteiger partial charge on any atom is 0.243 e. The molecule has 0 saturated carbocycles. The van der Waals surface area contributed by atoms with Crippen LogP contribution in [0.2, 0.25) is 0 Å². The quantitative estimate of drug-likeness (QED) is 0.768. The molecule has 0 aliphatic carbocycles. The minimum absolute atomic E-state index is 0.123. The molecule has 8 heteroatoms. The number of amides is 1. The largest absolute Gasteiger partial charge is 0.353 e. The zero-order valence-electron chi connectivity index (χ0n) is 15.2. The second-order valence-corrected chi connectivity index (χ2v) is 8.13. The van der Waals surface area contributed by atoms with Gasteiger partial charge in [-0.05, 0) is 18.6 Å². The lowest BCUT2D eigenvalue weighted by Gasteiger charge is -2.21. The fourth-order valence-electron chi connectivity index (χ4n) is 2.80. The number of likely N-dealkylation sites (N-methyl/N-ethyl adjacent to an activating group) is 1. The van der Waals surface area contributed by atoms with Crippen molar-refractivity contribution in [1.82, 2.24) is 19.2 Å². The van der Waals surface area contributed by atoms with Gasteiger partial charge in [0, 0.05) is 26.6 Å². The molecule has 0 fully saturated rings. The average molecular weight is 366 g/mol. The maximum absolute atomic E-state index is 12.7. The van der Waals surface area contributed by atoms with Crippen LogP contribution in [0.4, 0.5) is 0 Å². The molecule has 0 spiro atoms. The SMILES string of the molecule is CCc1nc2ccccc2n1[C@H](CC)C(=O)NCCN(C)S(C)(=O)=O. The standard InChI is InChI=1S/C17H26N4O3S/c1-5-14(17(22)18-11-12-20(3)25(4,23)24)21-15-10-8-7-9-13(15)19-16(21)6-2/h7-10,14H,5-6,11-12H2,1-4H3,(H,18,22)/t14-/m1/s1. The van der Waals surface area contributed by atoms with Gasteiger partial charge in [-0.2, -0.15) is 0 Å². The lowest BCUT2D eigenvalue weighted by Crippen LogP contribution is -2.39. The van der Waals surface area contributed by atoms with Crippen LogP contribution in [-0.4, -0.2) is 54.6 Å². The summed E-state index contributed by atoms with van der Waals surface area (Å²) in [7, 11) is -1.75. The van der Waals surface area contributed by atoms with Gasteiger partial charge in [-0.3, -0.25) is 4.79 Å². The fourth-order valence-corrected chi connectivity index (χ4v) is 3.22. The van der Waals surface area contributed by atoms with E-state index >= 15 is 0 Å². The van der Waals surface area contributed by atoms with Crippen LogP contribution in [0.3, 0.4) is 0 Å². The molecular formula is C17H26N4O3S. The van der Waals surface area contributed by atoms with Crippen LogP contribution >= 0.6 is 0 Å². The van der Waals surface area contributed by atoms with E-state index in [4.69, 9.17) is 0 Å². The van der Waals surface area contributed by atoms with Crippen LogP contribution < -0.4 is 5.32 Å². The van der Waals surface area contributed by atoms with Crippen molar-refractivity contribution >= 4 is 27.0 Å². The Bertz CT molecular complexity index is 845. The van der Waals surface area contributed by atoms with E-state index in [0.29, 0.717) is 6.42 Å². The molecule has 1 aromatic carbocycles. The first-order chi connectivity index (χ1) is 11.8. The highest BCUT2D eigenvalue weighted by Crippen LogP contribution is 2.23. The van der Waals surface area contributed by atoms with E-state index in [-0.39, 0.29) is 25.0 Å². The normalized spacial score (nSPS) is 13.3. The predicted octanol–water partition coefficient (Wildman–Crippen LogP) is 1.56. The molecular weight excluding hydrogens is 340 g/mol. The van der Waals surface area contributed by atoms with Crippen LogP contribution in [0.15, 0.2) is 24.3 Å². The van der Waals surface area contributed by atoms with Gasteiger partial charge in [-0.15, -0.1) is 0 Å². The minimum Gasteiger partial charge on any atom is -0.353 e. The molecule has 2 aromatic rings. The summed E-state index contributed by atoms with van der Waals surface area (Å²) >= 11 is 0. The number of nitrogens with zero attached hydrogens (tertiary/aromatic N) is 3. The van der Waals surface area contributed by atoms with Gasteiger partial charge in [-0.25, -0.2) is 17.7 Å². The number of carbonyl (C=O) groups excluding carboxylic acids is 1. The highest BCUT2D eigenvalue weighted by Gasteiger charge is 2.23. The predicted molar refractivity (Wildman–Crippen MR) is 98.9 cm³/mol. The second-order valence-electron chi connectivity index (χ2n) is 6.04. The second kappa shape index (κ2) is 7.97. The number of benzene rings is 1. The van der Waals surface area contributed by atoms with Crippen LogP contribution in [0.5, 0.6) is 0 Å². The van der Waals surface area contributed by atoms with Crippen LogP contribution in [0.25, 0.3) is 11.0 Å². The molecule has 1 N–H and O–H groups in total. The van der Waals surface area contributed by atoms with Crippen molar-refractivity contribution in [2.75, 3.05) is 26.4 Å². The van der Waals surface area contributed by atoms with E-state index in [1.807, 2.05) is 42.7 Å². The van der Waals surface area contributed by atoms with E-state index in [2.05, 4.69) is 10.3 Å². The number of nitrogens with one attached hydrogen (secondary N) is 1. The molecule has 0 bridgehead atoms. The number of aryl methyl sites for hydroxylation is 1. The summed E-state index contributed by atoms with van der Waals surface area (Å²) in [6, 6.07) is 7.41. The summed E-state index contributed by atoms with van der Waals surface area (Å²) in [5.41, 5.74) is 1.82. The van der Waals surface area contributed by atoms with E-state index in [1.54, 1.807) is 0 Å². The number of fused-ring (bicyclic) bond motifs is 1. The monoisotopic (exact) mass is 366 g/mol. The number of para-hydroxylation sites is 2. The Morgan fingerprint density at radius 3 is 2.60 bits per heavy atom. The molecule has 1 atom stereocenters. The van der Waals surface area contributed by atoms with E-state index < -0.39 is 10.0 Å². The topological polar surface area (TPSA) is 84.3 Å². The summed E-state index contributed by atoms with van der Waals surface area (Å²) in [6.07, 6.45) is 2.51. The lowest BCUT2D eigenvalue weighted by atomic mass is 10.2. The molecule has 0 aliphatic heterocycles. The van der Waals surface area contributed by atoms with Crippen LogP contribution in [0.1, 0.15) is 32.1 Å². The van der Waals surface area contributed by atoms with Gasteiger partial charge in [-0.1, -0.05) is 26.0 Å². The number of sulfonamides is 1. The number of hydrogen-bond donors (Lipinski definition) is 1. The lowest BCUT2D eigenvalue weighted by molar-refractivity contribution is -0.124. The number of hydrogen-bond acceptors (Lipinski definition) is 4. The Balaban J connectivity index is 2.18. The third kappa shape index (κ3) is 4.38. The van der Waals surface area contributed by atoms with E-state index in [0.717, 1.165) is 29.5 Å². The molecule has 25 heavy (non-hydrogen) atoms. The van der Waals surface area contributed by atoms with Gasteiger partial charge in [0.25, 0.3) is 0 Å². The average Bonchev–Trinajstić information content (AvgIpc) is 2.93. The van der Waals surface area contributed by atoms with E-state index in [1.165, 1.54) is 11.4 Å². The molecule has 0 radical (unpaired) electrons. The Labute approximate surface area is 149 Å². The highest BCUT2D eigenvalue weighted by atomic mass is 32.2. The highest BCUT2D eigenvalue weighted by molar-refractivity contribution is 7.88. The van der Waals surface area contributed by atoms with Crippen molar-refractivity contribution in [3.8, 4) is 0 Å². The van der Waals surface area contributed by atoms with Crippen LogP contribution in [0, 0.1) is 0 Å². The first-order valence-electron chi connectivity index (χ1n) is 8.44. The van der Waals surface area contributed by atoms with Crippen molar-refractivity contribution in [2.45, 2.75) is 32.7 Å². The molecule has 1 amide bonds. The molecule has 1 heterocycles. The number of rotatable bonds is 8. The zero-order chi connectivity index (χ0) is 18.6. The summed E-state index contributed by atoms with van der Waals surface area (Å²) < 4.78 is 26.0. The van der Waals surface area contributed by atoms with Crippen molar-refractivity contribution < 1.29 is 13.2 Å². The number of imidazole rings is 1. The smallest absolute Gasteiger partial charge is 0.243 e. The molecule has 0 aliphatic rings. The van der Waals surface area contributed by atoms with Crippen molar-refractivity contribution in [2.24, 2.45) is 0 Å². The van der Waals surface area contributed by atoms with Gasteiger partial charge < -0.3 is 9.88 Å². The Kier molecular flexibility index (Phi) is 6.18. The minimum atomic E-state index is -3.24. The van der Waals surface area contributed by atoms with Crippen molar-refractivity contribution in [3.05, 3.63) is 30.1 Å². The van der Waals surface area contributed by atoms with Crippen molar-refractivity contribution in [1.29, 1.82) is 0 Å². The third-order valence-corrected chi connectivity index (χ3v) is 5.59. The Morgan fingerprint density at radius 1 is 1.32 bits per heavy atom.